The molecule has 1 saturated carbocycles. The number of rotatable bonds is 4. The Bertz CT molecular complexity index is 393. The molecule has 5 heteroatoms. The van der Waals surface area contributed by atoms with Crippen molar-refractivity contribution < 1.29 is 4.79 Å². The van der Waals surface area contributed by atoms with Crippen LogP contribution < -0.4 is 11.1 Å². The minimum atomic E-state index is -0.117. The number of nitrogens with two attached hydrogens (primary N) is 1. The van der Waals surface area contributed by atoms with Gasteiger partial charge in [-0.25, -0.2) is 0 Å². The highest BCUT2D eigenvalue weighted by Crippen LogP contribution is 2.29. The van der Waals surface area contributed by atoms with Gasteiger partial charge in [-0.15, -0.1) is 0 Å². The minimum absolute atomic E-state index is 0.117. The van der Waals surface area contributed by atoms with Crippen LogP contribution in [0.4, 0.5) is 5.82 Å². The molecule has 1 aliphatic rings. The summed E-state index contributed by atoms with van der Waals surface area (Å²) in [6.07, 6.45) is 7.45. The summed E-state index contributed by atoms with van der Waals surface area (Å²) in [6.45, 7) is 2.69. The lowest BCUT2D eigenvalue weighted by Gasteiger charge is -2.08. The zero-order valence-electron chi connectivity index (χ0n) is 10.3. The minimum Gasteiger partial charge on any atom is -0.382 e. The van der Waals surface area contributed by atoms with Crippen LogP contribution in [0.5, 0.6) is 0 Å². The quantitative estimate of drug-likeness (QED) is 0.836. The van der Waals surface area contributed by atoms with Crippen molar-refractivity contribution in [2.45, 2.75) is 45.1 Å². The molecule has 17 heavy (non-hydrogen) atoms. The molecule has 0 aromatic carbocycles. The highest BCUT2D eigenvalue weighted by Gasteiger charge is 2.21. The van der Waals surface area contributed by atoms with Crippen molar-refractivity contribution in [3.63, 3.8) is 0 Å². The molecule has 1 fully saturated rings. The Morgan fingerprint density at radius 1 is 1.59 bits per heavy atom. The van der Waals surface area contributed by atoms with E-state index >= 15 is 0 Å². The molecule has 0 unspecified atom stereocenters. The molecule has 3 N–H and O–H groups in total. The Morgan fingerprint density at radius 2 is 2.29 bits per heavy atom. The van der Waals surface area contributed by atoms with E-state index in [-0.39, 0.29) is 5.91 Å². The molecule has 0 radical (unpaired) electrons. The first-order valence-corrected chi connectivity index (χ1v) is 6.35. The van der Waals surface area contributed by atoms with Crippen LogP contribution in [0, 0.1) is 0 Å². The van der Waals surface area contributed by atoms with Crippen molar-refractivity contribution in [1.29, 1.82) is 0 Å². The normalized spacial score (nSPS) is 16.3. The first-order chi connectivity index (χ1) is 8.22. The predicted octanol–water partition coefficient (Wildman–Crippen LogP) is 1.72. The summed E-state index contributed by atoms with van der Waals surface area (Å²) < 4.78 is 1.86. The van der Waals surface area contributed by atoms with Crippen LogP contribution in [0.15, 0.2) is 6.20 Å². The molecular formula is C12H20N4O. The van der Waals surface area contributed by atoms with E-state index in [1.54, 1.807) is 6.20 Å². The number of hydrogen-bond acceptors (Lipinski definition) is 3. The number of amides is 1. The number of aromatic nitrogens is 2. The number of carbonyl (C=O) groups excluding carboxylic acids is 1. The number of carbonyl (C=O) groups is 1. The molecule has 94 valence electrons. The van der Waals surface area contributed by atoms with Gasteiger partial charge in [-0.1, -0.05) is 19.8 Å². The van der Waals surface area contributed by atoms with E-state index in [1.165, 1.54) is 12.8 Å². The number of nitrogen functional groups attached to an aromatic ring is 1. The summed E-state index contributed by atoms with van der Waals surface area (Å²) in [7, 11) is 0. The summed E-state index contributed by atoms with van der Waals surface area (Å²) in [4.78, 5) is 11.8. The fourth-order valence-electron chi connectivity index (χ4n) is 2.27. The van der Waals surface area contributed by atoms with E-state index in [0.29, 0.717) is 24.0 Å². The maximum atomic E-state index is 11.8. The van der Waals surface area contributed by atoms with Crippen LogP contribution in [-0.2, 0) is 0 Å². The van der Waals surface area contributed by atoms with E-state index in [0.717, 1.165) is 19.3 Å². The van der Waals surface area contributed by atoms with Crippen molar-refractivity contribution in [3.8, 4) is 0 Å². The number of anilines is 1. The van der Waals surface area contributed by atoms with Gasteiger partial charge in [0.2, 0.25) is 0 Å². The molecule has 1 aromatic heterocycles. The van der Waals surface area contributed by atoms with Crippen molar-refractivity contribution >= 4 is 11.7 Å². The summed E-state index contributed by atoms with van der Waals surface area (Å²) in [5.74, 6) is 0.221. The van der Waals surface area contributed by atoms with Crippen molar-refractivity contribution in [2.24, 2.45) is 0 Å². The van der Waals surface area contributed by atoms with Crippen LogP contribution in [0.2, 0.25) is 0 Å². The molecule has 1 heterocycles. The molecule has 0 bridgehead atoms. The molecule has 5 nitrogen and oxygen atoms in total. The van der Waals surface area contributed by atoms with Gasteiger partial charge in [-0.05, 0) is 19.3 Å². The van der Waals surface area contributed by atoms with Gasteiger partial charge >= 0.3 is 0 Å². The second kappa shape index (κ2) is 5.21. The lowest BCUT2D eigenvalue weighted by Crippen LogP contribution is -2.24. The van der Waals surface area contributed by atoms with Crippen molar-refractivity contribution in [1.82, 2.24) is 15.1 Å². The molecule has 0 aliphatic heterocycles. The third-order valence-electron chi connectivity index (χ3n) is 3.24. The highest BCUT2D eigenvalue weighted by molar-refractivity contribution is 5.98. The molecular weight excluding hydrogens is 216 g/mol. The second-order valence-electron chi connectivity index (χ2n) is 4.60. The smallest absolute Gasteiger partial charge is 0.256 e. The molecule has 0 spiro atoms. The van der Waals surface area contributed by atoms with E-state index in [2.05, 4.69) is 10.4 Å². The Balaban J connectivity index is 2.09. The lowest BCUT2D eigenvalue weighted by atomic mass is 10.2. The molecule has 1 aromatic rings. The summed E-state index contributed by atoms with van der Waals surface area (Å²) >= 11 is 0. The van der Waals surface area contributed by atoms with Crippen LogP contribution in [0.1, 0.15) is 55.4 Å². The number of nitrogens with one attached hydrogen (secondary N) is 1. The van der Waals surface area contributed by atoms with E-state index in [9.17, 15) is 4.79 Å². The van der Waals surface area contributed by atoms with Gasteiger partial charge in [0.1, 0.15) is 5.56 Å². The van der Waals surface area contributed by atoms with Crippen LogP contribution in [-0.4, -0.2) is 22.2 Å². The van der Waals surface area contributed by atoms with Gasteiger partial charge in [0, 0.05) is 12.7 Å². The largest absolute Gasteiger partial charge is 0.382 e. The molecule has 0 saturated heterocycles. The summed E-state index contributed by atoms with van der Waals surface area (Å²) in [5, 5.41) is 7.08. The first-order valence-electron chi connectivity index (χ1n) is 6.35. The van der Waals surface area contributed by atoms with E-state index in [1.807, 2.05) is 11.6 Å². The van der Waals surface area contributed by atoms with E-state index < -0.39 is 0 Å². The molecule has 1 aliphatic carbocycles. The number of hydrogen-bond donors (Lipinski definition) is 2. The standard InChI is InChI=1S/C12H20N4O/c1-2-7-14-12(17)10-8-16(15-11(10)13)9-5-3-4-6-9/h8-9H,2-7H2,1H3,(H2,13,15)(H,14,17). The third kappa shape index (κ3) is 2.60. The Hall–Kier alpha value is -1.52. The zero-order valence-corrected chi connectivity index (χ0v) is 10.3. The maximum absolute atomic E-state index is 11.8. The van der Waals surface area contributed by atoms with Crippen molar-refractivity contribution in [2.75, 3.05) is 12.3 Å². The fraction of sp³-hybridized carbons (Fsp3) is 0.667. The fourth-order valence-corrected chi connectivity index (χ4v) is 2.27. The molecule has 0 atom stereocenters. The Kier molecular flexibility index (Phi) is 3.66. The van der Waals surface area contributed by atoms with Crippen LogP contribution in [0.25, 0.3) is 0 Å². The Morgan fingerprint density at radius 3 is 2.94 bits per heavy atom. The first kappa shape index (κ1) is 12.0. The maximum Gasteiger partial charge on any atom is 0.256 e. The lowest BCUT2D eigenvalue weighted by molar-refractivity contribution is 0.0954. The highest BCUT2D eigenvalue weighted by atomic mass is 16.1. The van der Waals surface area contributed by atoms with Crippen LogP contribution in [0.3, 0.4) is 0 Å². The zero-order chi connectivity index (χ0) is 12.3. The van der Waals surface area contributed by atoms with Gasteiger partial charge in [0.15, 0.2) is 5.82 Å². The van der Waals surface area contributed by atoms with Crippen molar-refractivity contribution in [3.05, 3.63) is 11.8 Å². The molecule has 1 amide bonds. The topological polar surface area (TPSA) is 72.9 Å². The van der Waals surface area contributed by atoms with Gasteiger partial charge in [-0.3, -0.25) is 9.48 Å². The third-order valence-corrected chi connectivity index (χ3v) is 3.24. The van der Waals surface area contributed by atoms with Gasteiger partial charge in [0.05, 0.1) is 6.04 Å². The van der Waals surface area contributed by atoms with Gasteiger partial charge in [0.25, 0.3) is 5.91 Å². The average Bonchev–Trinajstić information content (AvgIpc) is 2.94. The Labute approximate surface area is 101 Å². The monoisotopic (exact) mass is 236 g/mol. The summed E-state index contributed by atoms with van der Waals surface area (Å²) in [5.41, 5.74) is 6.29. The SMILES string of the molecule is CCCNC(=O)c1cn(C2CCCC2)nc1N. The average molecular weight is 236 g/mol. The molecule has 2 rings (SSSR count). The number of nitrogens with zero attached hydrogens (tertiary/aromatic N) is 2. The van der Waals surface area contributed by atoms with Gasteiger partial charge < -0.3 is 11.1 Å². The van der Waals surface area contributed by atoms with Gasteiger partial charge in [-0.2, -0.15) is 5.10 Å². The predicted molar refractivity (Wildman–Crippen MR) is 66.8 cm³/mol. The van der Waals surface area contributed by atoms with Crippen LogP contribution >= 0.6 is 0 Å². The second-order valence-corrected chi connectivity index (χ2v) is 4.60. The van der Waals surface area contributed by atoms with E-state index in [4.69, 9.17) is 5.73 Å². The summed E-state index contributed by atoms with van der Waals surface area (Å²) in [6, 6.07) is 0.421.